The van der Waals surface area contributed by atoms with Crippen molar-refractivity contribution in [2.24, 2.45) is 0 Å². The Morgan fingerprint density at radius 1 is 1.05 bits per heavy atom. The largest absolute Gasteiger partial charge is 0.497 e. The van der Waals surface area contributed by atoms with E-state index in [9.17, 15) is 13.2 Å². The van der Waals surface area contributed by atoms with Gasteiger partial charge in [0.05, 0.1) is 33.7 Å². The van der Waals surface area contributed by atoms with Crippen LogP contribution in [0.2, 0.25) is 5.02 Å². The Kier molecular flexibility index (Phi) is 8.57. The molecule has 1 saturated heterocycles. The van der Waals surface area contributed by atoms with Crippen LogP contribution in [0.25, 0.3) is 11.0 Å². The normalized spacial score (nSPS) is 15.8. The van der Waals surface area contributed by atoms with E-state index in [4.69, 9.17) is 16.3 Å². The van der Waals surface area contributed by atoms with Crippen molar-refractivity contribution in [1.82, 2.24) is 20.2 Å². The van der Waals surface area contributed by atoms with Crippen LogP contribution in [0.5, 0.6) is 5.75 Å². The lowest BCUT2D eigenvalue weighted by Gasteiger charge is -2.32. The third-order valence-electron chi connectivity index (χ3n) is 6.92. The van der Waals surface area contributed by atoms with E-state index in [0.29, 0.717) is 27.5 Å². The van der Waals surface area contributed by atoms with Crippen LogP contribution in [0.1, 0.15) is 30.1 Å². The molecule has 0 spiro atoms. The first-order valence-electron chi connectivity index (χ1n) is 13.3. The molecule has 1 unspecified atom stereocenters. The summed E-state index contributed by atoms with van der Waals surface area (Å²) in [4.78, 5) is 24.4. The number of hydrogen-bond donors (Lipinski definition) is 3. The van der Waals surface area contributed by atoms with Crippen molar-refractivity contribution in [2.45, 2.75) is 30.7 Å². The van der Waals surface area contributed by atoms with Crippen molar-refractivity contribution in [3.63, 3.8) is 0 Å². The molecule has 1 aromatic heterocycles. The van der Waals surface area contributed by atoms with Gasteiger partial charge in [0.25, 0.3) is 15.9 Å². The van der Waals surface area contributed by atoms with E-state index in [2.05, 4.69) is 37.1 Å². The number of anilines is 3. The number of methoxy groups -OCH3 is 1. The fraction of sp³-hybridized carbons (Fsp3) is 0.276. The van der Waals surface area contributed by atoms with Gasteiger partial charge in [-0.25, -0.2) is 18.4 Å². The van der Waals surface area contributed by atoms with Crippen molar-refractivity contribution in [3.05, 3.63) is 77.3 Å². The van der Waals surface area contributed by atoms with Gasteiger partial charge in [-0.15, -0.1) is 0 Å². The number of carbonyl (C=O) groups excluding carboxylic acids is 1. The van der Waals surface area contributed by atoms with Crippen LogP contribution in [0, 0.1) is 0 Å². The smallest absolute Gasteiger partial charge is 0.263 e. The third kappa shape index (κ3) is 6.70. The van der Waals surface area contributed by atoms with E-state index in [1.807, 2.05) is 6.07 Å². The minimum atomic E-state index is -4.16. The zero-order chi connectivity index (χ0) is 29.0. The molecule has 1 atom stereocenters. The van der Waals surface area contributed by atoms with E-state index in [-0.39, 0.29) is 34.0 Å². The van der Waals surface area contributed by atoms with E-state index < -0.39 is 10.0 Å². The summed E-state index contributed by atoms with van der Waals surface area (Å²) in [7, 11) is -2.63. The maximum absolute atomic E-state index is 13.6. The molecule has 3 aromatic carbocycles. The number of nitrogens with zero attached hydrogens (tertiary/aromatic N) is 3. The average Bonchev–Trinajstić information content (AvgIpc) is 2.98. The molecule has 0 bridgehead atoms. The number of likely N-dealkylation sites (N-methyl/N-ethyl adjacent to an activating group) is 1. The molecule has 10 nitrogen and oxygen atoms in total. The molecule has 4 aromatic rings. The summed E-state index contributed by atoms with van der Waals surface area (Å²) in [5.41, 5.74) is 1.76. The highest BCUT2D eigenvalue weighted by molar-refractivity contribution is 7.92. The molecule has 1 fully saturated rings. The Balaban J connectivity index is 1.43. The van der Waals surface area contributed by atoms with Gasteiger partial charge in [0.1, 0.15) is 5.75 Å². The molecule has 0 radical (unpaired) electrons. The molecule has 2 heterocycles. The maximum atomic E-state index is 13.6. The SMILES string of the molecule is CCN1CCCC(NC(=O)c2cccc(S(=O)(=O)Nc3nc4ccccc4nc3Nc3cc(OC)ccc3Cl)c2)C1. The lowest BCUT2D eigenvalue weighted by Crippen LogP contribution is -2.47. The lowest BCUT2D eigenvalue weighted by molar-refractivity contribution is 0.0905. The Hall–Kier alpha value is -3.93. The van der Waals surface area contributed by atoms with Crippen molar-refractivity contribution < 1.29 is 17.9 Å². The number of rotatable bonds is 9. The monoisotopic (exact) mass is 594 g/mol. The Morgan fingerprint density at radius 2 is 1.80 bits per heavy atom. The van der Waals surface area contributed by atoms with Gasteiger partial charge in [0.2, 0.25) is 0 Å². The Morgan fingerprint density at radius 3 is 2.54 bits per heavy atom. The summed E-state index contributed by atoms with van der Waals surface area (Å²) >= 11 is 6.39. The summed E-state index contributed by atoms with van der Waals surface area (Å²) < 4.78 is 35.0. The molecular weight excluding hydrogens is 564 g/mol. The van der Waals surface area contributed by atoms with Gasteiger partial charge in [-0.1, -0.05) is 36.7 Å². The first-order valence-corrected chi connectivity index (χ1v) is 15.2. The van der Waals surface area contributed by atoms with Crippen molar-refractivity contribution in [2.75, 3.05) is 36.8 Å². The number of amides is 1. The Labute approximate surface area is 244 Å². The second kappa shape index (κ2) is 12.3. The number of aromatic nitrogens is 2. The van der Waals surface area contributed by atoms with Crippen molar-refractivity contribution in [3.8, 4) is 5.75 Å². The number of hydrogen-bond acceptors (Lipinski definition) is 8. The lowest BCUT2D eigenvalue weighted by atomic mass is 10.1. The van der Waals surface area contributed by atoms with Gasteiger partial charge in [-0.2, -0.15) is 0 Å². The third-order valence-corrected chi connectivity index (χ3v) is 8.59. The van der Waals surface area contributed by atoms with E-state index in [0.717, 1.165) is 32.5 Å². The summed E-state index contributed by atoms with van der Waals surface area (Å²) in [5, 5.41) is 6.52. The minimum absolute atomic E-state index is 0.0135. The second-order valence-electron chi connectivity index (χ2n) is 9.72. The number of piperidine rings is 1. The molecular formula is C29H31ClN6O4S. The predicted molar refractivity (Wildman–Crippen MR) is 161 cm³/mol. The fourth-order valence-corrected chi connectivity index (χ4v) is 5.95. The van der Waals surface area contributed by atoms with E-state index >= 15 is 0 Å². The van der Waals surface area contributed by atoms with Crippen LogP contribution in [0.4, 0.5) is 17.3 Å². The van der Waals surface area contributed by atoms with Crippen molar-refractivity contribution in [1.29, 1.82) is 0 Å². The zero-order valence-corrected chi connectivity index (χ0v) is 24.3. The molecule has 214 valence electrons. The Bertz CT molecular complexity index is 1680. The zero-order valence-electron chi connectivity index (χ0n) is 22.7. The van der Waals surface area contributed by atoms with Gasteiger partial charge in [0.15, 0.2) is 11.6 Å². The van der Waals surface area contributed by atoms with Gasteiger partial charge < -0.3 is 20.3 Å². The molecule has 1 aliphatic rings. The van der Waals surface area contributed by atoms with Crippen LogP contribution in [-0.2, 0) is 10.0 Å². The predicted octanol–water partition coefficient (Wildman–Crippen LogP) is 5.05. The second-order valence-corrected chi connectivity index (χ2v) is 11.8. The van der Waals surface area contributed by atoms with Crippen LogP contribution >= 0.6 is 11.6 Å². The molecule has 5 rings (SSSR count). The highest BCUT2D eigenvalue weighted by Crippen LogP contribution is 2.32. The molecule has 1 aliphatic heterocycles. The highest BCUT2D eigenvalue weighted by Gasteiger charge is 2.23. The molecule has 0 saturated carbocycles. The number of carbonyl (C=O) groups is 1. The summed E-state index contributed by atoms with van der Waals surface area (Å²) in [5.74, 6) is 0.359. The molecule has 12 heteroatoms. The number of nitrogens with one attached hydrogen (secondary N) is 3. The number of halogens is 1. The van der Waals surface area contributed by atoms with Crippen LogP contribution < -0.4 is 20.1 Å². The number of benzene rings is 3. The fourth-order valence-electron chi connectivity index (χ4n) is 4.73. The van der Waals surface area contributed by atoms with Gasteiger partial charge in [0, 0.05) is 24.2 Å². The number of sulfonamides is 1. The first kappa shape index (κ1) is 28.6. The standard InChI is InChI=1S/C29H31ClN6O4S/c1-3-36-15-7-9-20(18-36)31-29(37)19-8-6-10-22(16-19)41(38,39)35-28-27(32-24-11-4-5-12-25(24)33-28)34-26-17-21(40-2)13-14-23(26)30/h4-6,8,10-14,16-17,20H,3,7,9,15,18H2,1-2H3,(H,31,37)(H,32,34)(H,33,35). The van der Waals surface area contributed by atoms with Crippen LogP contribution in [0.15, 0.2) is 71.6 Å². The average molecular weight is 595 g/mol. The molecule has 1 amide bonds. The summed E-state index contributed by atoms with van der Waals surface area (Å²) in [6.45, 7) is 4.80. The number of fused-ring (bicyclic) bond motifs is 1. The molecule has 41 heavy (non-hydrogen) atoms. The first-order chi connectivity index (χ1) is 19.8. The number of likely N-dealkylation sites (tertiary alicyclic amines) is 1. The molecule has 3 N–H and O–H groups in total. The van der Waals surface area contributed by atoms with E-state index in [1.165, 1.54) is 19.2 Å². The number of para-hydroxylation sites is 2. The van der Waals surface area contributed by atoms with E-state index in [1.54, 1.807) is 48.5 Å². The molecule has 0 aliphatic carbocycles. The van der Waals surface area contributed by atoms with Crippen LogP contribution in [0.3, 0.4) is 0 Å². The summed E-state index contributed by atoms with van der Waals surface area (Å²) in [6, 6.07) is 18.1. The van der Waals surface area contributed by atoms with Gasteiger partial charge >= 0.3 is 0 Å². The van der Waals surface area contributed by atoms with Crippen molar-refractivity contribution >= 4 is 55.9 Å². The topological polar surface area (TPSA) is 126 Å². The van der Waals surface area contributed by atoms with Gasteiger partial charge in [-0.3, -0.25) is 9.52 Å². The maximum Gasteiger partial charge on any atom is 0.263 e. The van der Waals surface area contributed by atoms with Crippen LogP contribution in [-0.4, -0.2) is 62.0 Å². The van der Waals surface area contributed by atoms with Gasteiger partial charge in [-0.05, 0) is 68.4 Å². The quantitative estimate of drug-likeness (QED) is 0.246. The minimum Gasteiger partial charge on any atom is -0.497 e. The summed E-state index contributed by atoms with van der Waals surface area (Å²) in [6.07, 6.45) is 1.89. The number of ether oxygens (including phenoxy) is 1. The highest BCUT2D eigenvalue weighted by atomic mass is 35.5.